The fourth-order valence-corrected chi connectivity index (χ4v) is 5.33. The van der Waals surface area contributed by atoms with E-state index >= 15 is 0 Å². The van der Waals surface area contributed by atoms with Crippen LogP contribution >= 0.6 is 0 Å². The van der Waals surface area contributed by atoms with E-state index in [2.05, 4.69) is 10.6 Å². The minimum absolute atomic E-state index is 0.0151. The fraction of sp³-hybridized carbons (Fsp3) is 0.417. The van der Waals surface area contributed by atoms with Crippen LogP contribution < -0.4 is 10.6 Å². The highest BCUT2D eigenvalue weighted by Gasteiger charge is 2.33. The number of rotatable bonds is 8. The van der Waals surface area contributed by atoms with Crippen molar-refractivity contribution in [1.82, 2.24) is 9.62 Å². The van der Waals surface area contributed by atoms with Gasteiger partial charge in [0.1, 0.15) is 5.82 Å². The highest BCUT2D eigenvalue weighted by atomic mass is 32.2. The molecule has 0 saturated carbocycles. The van der Waals surface area contributed by atoms with Crippen molar-refractivity contribution in [1.29, 1.82) is 0 Å². The Hall–Kier alpha value is -2.78. The molecule has 0 aromatic heterocycles. The van der Waals surface area contributed by atoms with Crippen LogP contribution in [-0.4, -0.2) is 37.6 Å². The van der Waals surface area contributed by atoms with E-state index in [1.54, 1.807) is 6.07 Å². The van der Waals surface area contributed by atoms with Gasteiger partial charge in [0.2, 0.25) is 21.8 Å². The van der Waals surface area contributed by atoms with Crippen molar-refractivity contribution in [3.05, 3.63) is 59.9 Å². The SMILES string of the molecule is CC(C)CC(=O)Nc1cccc(CNC(=O)C2CCCN(S(=O)(=O)c3ccc(F)cc3)C2)c1. The van der Waals surface area contributed by atoms with E-state index in [1.165, 1.54) is 16.4 Å². The monoisotopic (exact) mass is 475 g/mol. The third-order valence-electron chi connectivity index (χ3n) is 5.48. The number of piperidine rings is 1. The lowest BCUT2D eigenvalue weighted by Gasteiger charge is -2.31. The summed E-state index contributed by atoms with van der Waals surface area (Å²) in [6.07, 6.45) is 1.59. The molecule has 2 amide bonds. The van der Waals surface area contributed by atoms with Crippen LogP contribution in [0.2, 0.25) is 0 Å². The first-order valence-electron chi connectivity index (χ1n) is 11.1. The van der Waals surface area contributed by atoms with Crippen molar-refractivity contribution in [2.24, 2.45) is 11.8 Å². The van der Waals surface area contributed by atoms with E-state index in [9.17, 15) is 22.4 Å². The Bertz CT molecular complexity index is 1090. The van der Waals surface area contributed by atoms with E-state index in [0.717, 1.165) is 17.7 Å². The number of anilines is 1. The number of benzene rings is 2. The van der Waals surface area contributed by atoms with Gasteiger partial charge in [0.05, 0.1) is 10.8 Å². The van der Waals surface area contributed by atoms with Gasteiger partial charge in [-0.15, -0.1) is 0 Å². The topological polar surface area (TPSA) is 95.6 Å². The normalized spacial score (nSPS) is 17.0. The summed E-state index contributed by atoms with van der Waals surface area (Å²) in [5.41, 5.74) is 1.50. The van der Waals surface area contributed by atoms with Gasteiger partial charge in [0.25, 0.3) is 0 Å². The average molecular weight is 476 g/mol. The zero-order valence-corrected chi connectivity index (χ0v) is 19.7. The maximum Gasteiger partial charge on any atom is 0.243 e. The number of halogens is 1. The van der Waals surface area contributed by atoms with E-state index in [4.69, 9.17) is 0 Å². The van der Waals surface area contributed by atoms with Gasteiger partial charge in [0, 0.05) is 31.7 Å². The number of hydrogen-bond acceptors (Lipinski definition) is 4. The highest BCUT2D eigenvalue weighted by molar-refractivity contribution is 7.89. The molecule has 2 aromatic carbocycles. The first-order chi connectivity index (χ1) is 15.6. The molecule has 33 heavy (non-hydrogen) atoms. The lowest BCUT2D eigenvalue weighted by atomic mass is 9.98. The molecule has 0 bridgehead atoms. The van der Waals surface area contributed by atoms with Gasteiger partial charge in [-0.25, -0.2) is 12.8 Å². The third kappa shape index (κ3) is 6.85. The molecule has 1 atom stereocenters. The first-order valence-corrected chi connectivity index (χ1v) is 12.5. The minimum atomic E-state index is -3.79. The molecule has 1 saturated heterocycles. The summed E-state index contributed by atoms with van der Waals surface area (Å²) >= 11 is 0. The number of carbonyl (C=O) groups excluding carboxylic acids is 2. The predicted molar refractivity (Wildman–Crippen MR) is 124 cm³/mol. The maximum absolute atomic E-state index is 13.2. The quantitative estimate of drug-likeness (QED) is 0.611. The Kier molecular flexibility index (Phi) is 8.20. The predicted octanol–water partition coefficient (Wildman–Crippen LogP) is 3.53. The fourth-order valence-electron chi connectivity index (χ4n) is 3.81. The summed E-state index contributed by atoms with van der Waals surface area (Å²) in [5, 5.41) is 5.74. The second-order valence-electron chi connectivity index (χ2n) is 8.72. The average Bonchev–Trinajstić information content (AvgIpc) is 2.77. The van der Waals surface area contributed by atoms with E-state index in [0.29, 0.717) is 31.5 Å². The molecule has 0 radical (unpaired) electrons. The number of hydrogen-bond donors (Lipinski definition) is 2. The van der Waals surface area contributed by atoms with Crippen LogP contribution in [-0.2, 0) is 26.2 Å². The van der Waals surface area contributed by atoms with Crippen LogP contribution in [0, 0.1) is 17.7 Å². The van der Waals surface area contributed by atoms with Gasteiger partial charge >= 0.3 is 0 Å². The van der Waals surface area contributed by atoms with Gasteiger partial charge in [-0.3, -0.25) is 9.59 Å². The van der Waals surface area contributed by atoms with Crippen LogP contribution in [0.1, 0.15) is 38.7 Å². The van der Waals surface area contributed by atoms with E-state index < -0.39 is 21.8 Å². The highest BCUT2D eigenvalue weighted by Crippen LogP contribution is 2.24. The lowest BCUT2D eigenvalue weighted by Crippen LogP contribution is -2.45. The molecule has 1 fully saturated rings. The third-order valence-corrected chi connectivity index (χ3v) is 7.36. The Morgan fingerprint density at radius 2 is 1.88 bits per heavy atom. The van der Waals surface area contributed by atoms with Crippen molar-refractivity contribution in [3.8, 4) is 0 Å². The molecule has 3 rings (SSSR count). The molecular formula is C24H30FN3O4S. The van der Waals surface area contributed by atoms with Crippen molar-refractivity contribution in [2.45, 2.75) is 44.6 Å². The van der Waals surface area contributed by atoms with Crippen LogP contribution in [0.4, 0.5) is 10.1 Å². The summed E-state index contributed by atoms with van der Waals surface area (Å²) in [6, 6.07) is 12.0. The zero-order valence-electron chi connectivity index (χ0n) is 18.9. The Morgan fingerprint density at radius 3 is 2.58 bits per heavy atom. The summed E-state index contributed by atoms with van der Waals surface area (Å²) < 4.78 is 40.2. The standard InChI is InChI=1S/C24H30FN3O4S/c1-17(2)13-23(29)27-21-7-3-5-18(14-21)15-26-24(30)19-6-4-12-28(16-19)33(31,32)22-10-8-20(25)9-11-22/h3,5,7-11,14,17,19H,4,6,12-13,15-16H2,1-2H3,(H,26,30)(H,27,29). The molecular weight excluding hydrogens is 445 g/mol. The molecule has 9 heteroatoms. The summed E-state index contributed by atoms with van der Waals surface area (Å²) in [7, 11) is -3.79. The van der Waals surface area contributed by atoms with Crippen molar-refractivity contribution < 1.29 is 22.4 Å². The van der Waals surface area contributed by atoms with Gasteiger partial charge in [-0.05, 0) is 60.7 Å². The number of sulfonamides is 1. The van der Waals surface area contributed by atoms with Crippen molar-refractivity contribution >= 4 is 27.5 Å². The number of carbonyl (C=O) groups is 2. The van der Waals surface area contributed by atoms with Gasteiger partial charge < -0.3 is 10.6 Å². The zero-order chi connectivity index (χ0) is 24.0. The van der Waals surface area contributed by atoms with E-state index in [1.807, 2.05) is 32.0 Å². The smallest absolute Gasteiger partial charge is 0.243 e. The number of amides is 2. The molecule has 1 aliphatic rings. The molecule has 1 aliphatic heterocycles. The molecule has 7 nitrogen and oxygen atoms in total. The largest absolute Gasteiger partial charge is 0.352 e. The van der Waals surface area contributed by atoms with Gasteiger partial charge in [-0.2, -0.15) is 4.31 Å². The first kappa shape index (κ1) is 24.9. The van der Waals surface area contributed by atoms with Crippen molar-refractivity contribution in [2.75, 3.05) is 18.4 Å². The molecule has 0 aliphatic carbocycles. The van der Waals surface area contributed by atoms with Crippen LogP contribution in [0.25, 0.3) is 0 Å². The second kappa shape index (κ2) is 10.9. The molecule has 1 heterocycles. The Balaban J connectivity index is 1.58. The Labute approximate surface area is 194 Å². The molecule has 1 unspecified atom stereocenters. The molecule has 178 valence electrons. The molecule has 2 aromatic rings. The Morgan fingerprint density at radius 1 is 1.15 bits per heavy atom. The number of nitrogens with one attached hydrogen (secondary N) is 2. The van der Waals surface area contributed by atoms with Crippen LogP contribution in [0.15, 0.2) is 53.4 Å². The molecule has 0 spiro atoms. The van der Waals surface area contributed by atoms with Crippen LogP contribution in [0.5, 0.6) is 0 Å². The second-order valence-corrected chi connectivity index (χ2v) is 10.7. The number of nitrogens with zero attached hydrogens (tertiary/aromatic N) is 1. The van der Waals surface area contributed by atoms with E-state index in [-0.39, 0.29) is 35.7 Å². The summed E-state index contributed by atoms with van der Waals surface area (Å²) in [6.45, 7) is 4.62. The maximum atomic E-state index is 13.2. The lowest BCUT2D eigenvalue weighted by molar-refractivity contribution is -0.126. The summed E-state index contributed by atoms with van der Waals surface area (Å²) in [4.78, 5) is 24.8. The van der Waals surface area contributed by atoms with Gasteiger partial charge in [0.15, 0.2) is 0 Å². The van der Waals surface area contributed by atoms with Gasteiger partial charge in [-0.1, -0.05) is 26.0 Å². The molecule has 2 N–H and O–H groups in total. The van der Waals surface area contributed by atoms with Crippen LogP contribution in [0.3, 0.4) is 0 Å². The minimum Gasteiger partial charge on any atom is -0.352 e. The summed E-state index contributed by atoms with van der Waals surface area (Å²) in [5.74, 6) is -0.996. The van der Waals surface area contributed by atoms with Crippen molar-refractivity contribution in [3.63, 3.8) is 0 Å².